The van der Waals surface area contributed by atoms with Gasteiger partial charge in [0, 0.05) is 26.3 Å². The van der Waals surface area contributed by atoms with Gasteiger partial charge in [-0.25, -0.2) is 0 Å². The topological polar surface area (TPSA) is 61.8 Å². The highest BCUT2D eigenvalue weighted by Gasteiger charge is 2.10. The Bertz CT molecular complexity index is 694. The molecule has 0 bridgehead atoms. The standard InChI is InChI=1S/C21H28N2O3/c1-15(2)16-7-11-19(12-8-16)26-14-21(25)22-13-20(24)17-5-9-18(10-6-17)23(3)4/h5-12,15,20,24H,13-14H2,1-4H3,(H,22,25). The predicted molar refractivity (Wildman–Crippen MR) is 105 cm³/mol. The highest BCUT2D eigenvalue weighted by atomic mass is 16.5. The van der Waals surface area contributed by atoms with Crippen LogP contribution < -0.4 is 15.0 Å². The molecule has 2 aromatic carbocycles. The van der Waals surface area contributed by atoms with Gasteiger partial charge in [-0.1, -0.05) is 38.1 Å². The first-order valence-electron chi connectivity index (χ1n) is 8.81. The quantitative estimate of drug-likeness (QED) is 0.763. The van der Waals surface area contributed by atoms with Gasteiger partial charge in [0.15, 0.2) is 6.61 Å². The number of benzene rings is 2. The van der Waals surface area contributed by atoms with E-state index in [1.165, 1.54) is 5.56 Å². The van der Waals surface area contributed by atoms with Gasteiger partial charge in [-0.2, -0.15) is 0 Å². The number of ether oxygens (including phenoxy) is 1. The minimum Gasteiger partial charge on any atom is -0.484 e. The SMILES string of the molecule is CC(C)c1ccc(OCC(=O)NCC(O)c2ccc(N(C)C)cc2)cc1. The van der Waals surface area contributed by atoms with Crippen LogP contribution in [-0.2, 0) is 4.79 Å². The maximum absolute atomic E-state index is 11.9. The molecule has 140 valence electrons. The van der Waals surface area contributed by atoms with Crippen LogP contribution >= 0.6 is 0 Å². The molecule has 0 saturated carbocycles. The molecule has 0 aliphatic heterocycles. The van der Waals surface area contributed by atoms with Crippen LogP contribution in [0.15, 0.2) is 48.5 Å². The average molecular weight is 356 g/mol. The minimum absolute atomic E-state index is 0.0761. The van der Waals surface area contributed by atoms with E-state index in [-0.39, 0.29) is 19.1 Å². The van der Waals surface area contributed by atoms with Crippen molar-refractivity contribution in [2.24, 2.45) is 0 Å². The first kappa shape index (κ1) is 19.8. The zero-order valence-electron chi connectivity index (χ0n) is 15.9. The third-order valence-corrected chi connectivity index (χ3v) is 4.20. The van der Waals surface area contributed by atoms with Gasteiger partial charge in [-0.15, -0.1) is 0 Å². The summed E-state index contributed by atoms with van der Waals surface area (Å²) in [6.45, 7) is 4.33. The zero-order chi connectivity index (χ0) is 19.1. The monoisotopic (exact) mass is 356 g/mol. The zero-order valence-corrected chi connectivity index (χ0v) is 15.9. The number of nitrogens with one attached hydrogen (secondary N) is 1. The third-order valence-electron chi connectivity index (χ3n) is 4.20. The summed E-state index contributed by atoms with van der Waals surface area (Å²) in [6.07, 6.45) is -0.750. The number of aliphatic hydroxyl groups is 1. The second-order valence-electron chi connectivity index (χ2n) is 6.82. The van der Waals surface area contributed by atoms with Crippen LogP contribution in [0, 0.1) is 0 Å². The van der Waals surface area contributed by atoms with Crippen molar-refractivity contribution in [3.8, 4) is 5.75 Å². The second-order valence-corrected chi connectivity index (χ2v) is 6.82. The number of amides is 1. The summed E-state index contributed by atoms with van der Waals surface area (Å²) in [5, 5.41) is 12.9. The van der Waals surface area contributed by atoms with Gasteiger partial charge >= 0.3 is 0 Å². The summed E-state index contributed by atoms with van der Waals surface area (Å²) in [7, 11) is 3.92. The molecule has 0 radical (unpaired) electrons. The molecular formula is C21H28N2O3. The lowest BCUT2D eigenvalue weighted by Crippen LogP contribution is -2.32. The highest BCUT2D eigenvalue weighted by molar-refractivity contribution is 5.77. The molecule has 0 aliphatic carbocycles. The number of carbonyl (C=O) groups is 1. The fraction of sp³-hybridized carbons (Fsp3) is 0.381. The molecule has 0 heterocycles. The molecular weight excluding hydrogens is 328 g/mol. The summed E-state index contributed by atoms with van der Waals surface area (Å²) in [4.78, 5) is 13.9. The Balaban J connectivity index is 1.77. The van der Waals surface area contributed by atoms with E-state index in [0.717, 1.165) is 11.3 Å². The van der Waals surface area contributed by atoms with Gasteiger partial charge in [0.25, 0.3) is 5.91 Å². The molecule has 5 nitrogen and oxygen atoms in total. The molecule has 5 heteroatoms. The average Bonchev–Trinajstić information content (AvgIpc) is 2.64. The molecule has 2 aromatic rings. The molecule has 0 spiro atoms. The lowest BCUT2D eigenvalue weighted by molar-refractivity contribution is -0.123. The second kappa shape index (κ2) is 9.25. The number of rotatable bonds is 8. The number of carbonyl (C=O) groups excluding carboxylic acids is 1. The van der Waals surface area contributed by atoms with E-state index in [9.17, 15) is 9.90 Å². The van der Waals surface area contributed by atoms with Crippen molar-refractivity contribution in [2.75, 3.05) is 32.1 Å². The van der Waals surface area contributed by atoms with Gasteiger partial charge in [0.05, 0.1) is 6.10 Å². The smallest absolute Gasteiger partial charge is 0.258 e. The maximum Gasteiger partial charge on any atom is 0.258 e. The number of hydrogen-bond donors (Lipinski definition) is 2. The van der Waals surface area contributed by atoms with Crippen LogP contribution in [0.5, 0.6) is 5.75 Å². The molecule has 0 saturated heterocycles. The molecule has 0 aliphatic rings. The molecule has 2 rings (SSSR count). The van der Waals surface area contributed by atoms with E-state index >= 15 is 0 Å². The lowest BCUT2D eigenvalue weighted by atomic mass is 10.0. The first-order chi connectivity index (χ1) is 12.4. The summed E-state index contributed by atoms with van der Waals surface area (Å²) in [5.41, 5.74) is 3.05. The van der Waals surface area contributed by atoms with Crippen LogP contribution in [0.25, 0.3) is 0 Å². The van der Waals surface area contributed by atoms with Gasteiger partial charge in [-0.05, 0) is 41.3 Å². The Kier molecular flexibility index (Phi) is 7.04. The van der Waals surface area contributed by atoms with E-state index in [0.29, 0.717) is 11.7 Å². The van der Waals surface area contributed by atoms with Crippen molar-refractivity contribution in [2.45, 2.75) is 25.9 Å². The highest BCUT2D eigenvalue weighted by Crippen LogP contribution is 2.19. The molecule has 1 amide bonds. The van der Waals surface area contributed by atoms with Crippen LogP contribution in [0.4, 0.5) is 5.69 Å². The van der Waals surface area contributed by atoms with Crippen molar-refractivity contribution in [3.63, 3.8) is 0 Å². The Morgan fingerprint density at radius 3 is 2.15 bits per heavy atom. The summed E-state index contributed by atoms with van der Waals surface area (Å²) < 4.78 is 5.48. The number of anilines is 1. The largest absolute Gasteiger partial charge is 0.484 e. The fourth-order valence-electron chi connectivity index (χ4n) is 2.47. The van der Waals surface area contributed by atoms with Crippen molar-refractivity contribution < 1.29 is 14.6 Å². The molecule has 26 heavy (non-hydrogen) atoms. The summed E-state index contributed by atoms with van der Waals surface area (Å²) in [5.74, 6) is 0.854. The molecule has 2 N–H and O–H groups in total. The molecule has 1 unspecified atom stereocenters. The molecule has 1 atom stereocenters. The number of hydrogen-bond acceptors (Lipinski definition) is 4. The fourth-order valence-corrected chi connectivity index (χ4v) is 2.47. The first-order valence-corrected chi connectivity index (χ1v) is 8.81. The van der Waals surface area contributed by atoms with Gasteiger partial charge < -0.3 is 20.1 Å². The summed E-state index contributed by atoms with van der Waals surface area (Å²) >= 11 is 0. The Morgan fingerprint density at radius 2 is 1.62 bits per heavy atom. The van der Waals surface area contributed by atoms with E-state index in [2.05, 4.69) is 19.2 Å². The van der Waals surface area contributed by atoms with Crippen molar-refractivity contribution in [1.29, 1.82) is 0 Å². The van der Waals surface area contributed by atoms with E-state index in [4.69, 9.17) is 4.74 Å². The Labute approximate surface area is 155 Å². The van der Waals surface area contributed by atoms with Gasteiger partial charge in [-0.3, -0.25) is 4.79 Å². The lowest BCUT2D eigenvalue weighted by Gasteiger charge is -2.16. The number of aliphatic hydroxyl groups excluding tert-OH is 1. The number of nitrogens with zero attached hydrogens (tertiary/aromatic N) is 1. The van der Waals surface area contributed by atoms with Crippen molar-refractivity contribution >= 4 is 11.6 Å². The normalized spacial score (nSPS) is 11.9. The van der Waals surface area contributed by atoms with Crippen LogP contribution in [0.2, 0.25) is 0 Å². The van der Waals surface area contributed by atoms with E-state index in [1.807, 2.05) is 67.5 Å². The predicted octanol–water partition coefficient (Wildman–Crippen LogP) is 3.10. The van der Waals surface area contributed by atoms with Crippen LogP contribution in [-0.4, -0.2) is 38.3 Å². The summed E-state index contributed by atoms with van der Waals surface area (Å²) in [6, 6.07) is 15.3. The van der Waals surface area contributed by atoms with Gasteiger partial charge in [0.2, 0.25) is 0 Å². The molecule has 0 aromatic heterocycles. The minimum atomic E-state index is -0.750. The van der Waals surface area contributed by atoms with Crippen LogP contribution in [0.3, 0.4) is 0 Å². The van der Waals surface area contributed by atoms with E-state index in [1.54, 1.807) is 0 Å². The molecule has 0 fully saturated rings. The van der Waals surface area contributed by atoms with Crippen molar-refractivity contribution in [1.82, 2.24) is 5.32 Å². The van der Waals surface area contributed by atoms with Gasteiger partial charge in [0.1, 0.15) is 5.75 Å². The Morgan fingerprint density at radius 1 is 1.04 bits per heavy atom. The van der Waals surface area contributed by atoms with E-state index < -0.39 is 6.10 Å². The van der Waals surface area contributed by atoms with Crippen LogP contribution in [0.1, 0.15) is 37.0 Å². The Hall–Kier alpha value is -2.53. The third kappa shape index (κ3) is 5.77. The van der Waals surface area contributed by atoms with Crippen molar-refractivity contribution in [3.05, 3.63) is 59.7 Å². The maximum atomic E-state index is 11.9.